The number of carbonyl (C=O) groups is 1. The molecule has 1 aliphatic rings. The van der Waals surface area contributed by atoms with E-state index in [1.54, 1.807) is 0 Å². The van der Waals surface area contributed by atoms with Crippen LogP contribution in [0.3, 0.4) is 0 Å². The highest BCUT2D eigenvalue weighted by atomic mass is 16.1. The number of carbonyl (C=O) groups excluding carboxylic acids is 1. The summed E-state index contributed by atoms with van der Waals surface area (Å²) in [5.41, 5.74) is 8.04. The number of nitrogens with zero attached hydrogens (tertiary/aromatic N) is 4. The standard InChI is InChI=1S/C9H14N6O/c10-6-8(12-3-4-13-15-11)5-9(16)14-7-1-2-7/h7-8,12H,1-5H2,(H,14,16). The van der Waals surface area contributed by atoms with Crippen molar-refractivity contribution >= 4 is 5.91 Å². The summed E-state index contributed by atoms with van der Waals surface area (Å²) in [5.74, 6) is -0.106. The first kappa shape index (κ1) is 12.3. The second-order valence-electron chi connectivity index (χ2n) is 3.64. The van der Waals surface area contributed by atoms with Crippen LogP contribution in [0, 0.1) is 11.3 Å². The van der Waals surface area contributed by atoms with Crippen LogP contribution in [0.25, 0.3) is 10.4 Å². The number of hydrogen-bond acceptors (Lipinski definition) is 4. The van der Waals surface area contributed by atoms with Crippen LogP contribution in [0.15, 0.2) is 5.11 Å². The molecule has 1 rings (SSSR count). The van der Waals surface area contributed by atoms with Gasteiger partial charge in [-0.2, -0.15) is 5.26 Å². The Balaban J connectivity index is 2.16. The van der Waals surface area contributed by atoms with Crippen LogP contribution in [0.2, 0.25) is 0 Å². The van der Waals surface area contributed by atoms with E-state index >= 15 is 0 Å². The SMILES string of the molecule is N#CC(CC(=O)NC1CC1)NCCN=[N+]=[N-]. The van der Waals surface area contributed by atoms with Gasteiger partial charge in [-0.3, -0.25) is 4.79 Å². The van der Waals surface area contributed by atoms with Gasteiger partial charge in [0.15, 0.2) is 0 Å². The molecule has 0 radical (unpaired) electrons. The molecule has 0 aromatic rings. The smallest absolute Gasteiger partial charge is 0.222 e. The minimum Gasteiger partial charge on any atom is -0.353 e. The molecule has 7 nitrogen and oxygen atoms in total. The Hall–Kier alpha value is -1.77. The quantitative estimate of drug-likeness (QED) is 0.282. The molecule has 1 aliphatic carbocycles. The molecule has 0 aromatic heterocycles. The number of amides is 1. The van der Waals surface area contributed by atoms with Crippen molar-refractivity contribution in [2.45, 2.75) is 31.3 Å². The van der Waals surface area contributed by atoms with Crippen molar-refractivity contribution in [3.05, 3.63) is 10.4 Å². The highest BCUT2D eigenvalue weighted by Gasteiger charge is 2.24. The van der Waals surface area contributed by atoms with Gasteiger partial charge >= 0.3 is 0 Å². The Morgan fingerprint density at radius 3 is 3.00 bits per heavy atom. The fourth-order valence-electron chi connectivity index (χ4n) is 1.20. The Morgan fingerprint density at radius 2 is 2.44 bits per heavy atom. The van der Waals surface area contributed by atoms with Gasteiger partial charge < -0.3 is 10.6 Å². The molecule has 16 heavy (non-hydrogen) atoms. The van der Waals surface area contributed by atoms with Crippen molar-refractivity contribution in [2.24, 2.45) is 5.11 Å². The number of rotatable bonds is 7. The van der Waals surface area contributed by atoms with Crippen molar-refractivity contribution in [2.75, 3.05) is 13.1 Å². The Morgan fingerprint density at radius 1 is 1.69 bits per heavy atom. The van der Waals surface area contributed by atoms with E-state index in [9.17, 15) is 4.79 Å². The molecular weight excluding hydrogens is 208 g/mol. The predicted octanol–water partition coefficient (Wildman–Crippen LogP) is 0.447. The lowest BCUT2D eigenvalue weighted by molar-refractivity contribution is -0.121. The van der Waals surface area contributed by atoms with Crippen LogP contribution in [0.5, 0.6) is 0 Å². The van der Waals surface area contributed by atoms with Gasteiger partial charge in [0.1, 0.15) is 6.04 Å². The summed E-state index contributed by atoms with van der Waals surface area (Å²) >= 11 is 0. The first-order valence-corrected chi connectivity index (χ1v) is 5.19. The number of nitriles is 1. The van der Waals surface area contributed by atoms with Crippen molar-refractivity contribution in [1.82, 2.24) is 10.6 Å². The topological polar surface area (TPSA) is 114 Å². The van der Waals surface area contributed by atoms with Crippen molar-refractivity contribution in [3.63, 3.8) is 0 Å². The molecule has 0 aliphatic heterocycles. The number of hydrogen-bond donors (Lipinski definition) is 2. The monoisotopic (exact) mass is 222 g/mol. The fraction of sp³-hybridized carbons (Fsp3) is 0.778. The molecule has 1 atom stereocenters. The molecule has 1 amide bonds. The Kier molecular flexibility index (Phi) is 5.12. The molecule has 1 fully saturated rings. The molecule has 1 unspecified atom stereocenters. The largest absolute Gasteiger partial charge is 0.353 e. The van der Waals surface area contributed by atoms with E-state index < -0.39 is 6.04 Å². The predicted molar refractivity (Wildman–Crippen MR) is 57.2 cm³/mol. The summed E-state index contributed by atoms with van der Waals surface area (Å²) < 4.78 is 0. The van der Waals surface area contributed by atoms with E-state index in [1.807, 2.05) is 6.07 Å². The molecule has 2 N–H and O–H groups in total. The molecule has 0 bridgehead atoms. The third-order valence-electron chi connectivity index (χ3n) is 2.15. The zero-order valence-corrected chi connectivity index (χ0v) is 8.89. The van der Waals surface area contributed by atoms with Gasteiger partial charge in [0.25, 0.3) is 0 Å². The second kappa shape index (κ2) is 6.67. The highest BCUT2D eigenvalue weighted by molar-refractivity contribution is 5.77. The minimum atomic E-state index is -0.521. The van der Waals surface area contributed by atoms with Crippen molar-refractivity contribution < 1.29 is 4.79 Å². The Labute approximate surface area is 93.4 Å². The second-order valence-corrected chi connectivity index (χ2v) is 3.64. The zero-order valence-electron chi connectivity index (χ0n) is 8.89. The van der Waals surface area contributed by atoms with E-state index in [-0.39, 0.29) is 18.9 Å². The van der Waals surface area contributed by atoms with Crippen molar-refractivity contribution in [3.8, 4) is 6.07 Å². The summed E-state index contributed by atoms with van der Waals surface area (Å²) in [4.78, 5) is 14.0. The summed E-state index contributed by atoms with van der Waals surface area (Å²) in [6.45, 7) is 0.678. The van der Waals surface area contributed by atoms with E-state index in [4.69, 9.17) is 10.8 Å². The van der Waals surface area contributed by atoms with Crippen LogP contribution in [0.1, 0.15) is 19.3 Å². The maximum Gasteiger partial charge on any atom is 0.222 e. The molecule has 0 spiro atoms. The van der Waals surface area contributed by atoms with Crippen LogP contribution in [-0.2, 0) is 4.79 Å². The third kappa shape index (κ3) is 5.20. The lowest BCUT2D eigenvalue weighted by Crippen LogP contribution is -2.36. The lowest BCUT2D eigenvalue weighted by Gasteiger charge is -2.10. The lowest BCUT2D eigenvalue weighted by atomic mass is 10.2. The highest BCUT2D eigenvalue weighted by Crippen LogP contribution is 2.18. The first-order chi connectivity index (χ1) is 7.76. The van der Waals surface area contributed by atoms with Gasteiger partial charge in [0, 0.05) is 24.0 Å². The molecule has 7 heteroatoms. The van der Waals surface area contributed by atoms with E-state index in [0.29, 0.717) is 12.6 Å². The van der Waals surface area contributed by atoms with Gasteiger partial charge in [-0.15, -0.1) is 0 Å². The molecule has 86 valence electrons. The van der Waals surface area contributed by atoms with Crippen LogP contribution in [0.4, 0.5) is 0 Å². The van der Waals surface area contributed by atoms with Crippen LogP contribution >= 0.6 is 0 Å². The molecule has 1 saturated carbocycles. The van der Waals surface area contributed by atoms with Gasteiger partial charge in [0.2, 0.25) is 5.91 Å². The fourth-order valence-corrected chi connectivity index (χ4v) is 1.20. The van der Waals surface area contributed by atoms with Gasteiger partial charge in [-0.1, -0.05) is 5.11 Å². The summed E-state index contributed by atoms with van der Waals surface area (Å²) in [6.07, 6.45) is 2.21. The first-order valence-electron chi connectivity index (χ1n) is 5.19. The molecule has 0 saturated heterocycles. The van der Waals surface area contributed by atoms with Crippen LogP contribution < -0.4 is 10.6 Å². The third-order valence-corrected chi connectivity index (χ3v) is 2.15. The maximum absolute atomic E-state index is 11.4. The number of azide groups is 1. The molecule has 0 heterocycles. The van der Waals surface area contributed by atoms with Gasteiger partial charge in [0.05, 0.1) is 12.5 Å². The molecule has 0 aromatic carbocycles. The summed E-state index contributed by atoms with van der Waals surface area (Å²) in [5, 5.41) is 17.8. The number of nitrogens with one attached hydrogen (secondary N) is 2. The van der Waals surface area contributed by atoms with E-state index in [2.05, 4.69) is 20.7 Å². The zero-order chi connectivity index (χ0) is 11.8. The minimum absolute atomic E-state index is 0.106. The summed E-state index contributed by atoms with van der Waals surface area (Å²) in [7, 11) is 0. The van der Waals surface area contributed by atoms with Gasteiger partial charge in [-0.05, 0) is 18.4 Å². The summed E-state index contributed by atoms with van der Waals surface area (Å²) in [6, 6.07) is 1.79. The Bertz CT molecular complexity index is 325. The normalized spacial score (nSPS) is 15.7. The maximum atomic E-state index is 11.4. The molecular formula is C9H14N6O. The average molecular weight is 222 g/mol. The average Bonchev–Trinajstić information content (AvgIpc) is 3.06. The van der Waals surface area contributed by atoms with Crippen molar-refractivity contribution in [1.29, 1.82) is 5.26 Å². The van der Waals surface area contributed by atoms with Crippen LogP contribution in [-0.4, -0.2) is 31.1 Å². The van der Waals surface area contributed by atoms with E-state index in [0.717, 1.165) is 12.8 Å². The van der Waals surface area contributed by atoms with Gasteiger partial charge in [-0.25, -0.2) is 0 Å². The van der Waals surface area contributed by atoms with E-state index in [1.165, 1.54) is 0 Å².